The number of amides is 1. The van der Waals surface area contributed by atoms with Gasteiger partial charge in [-0.3, -0.25) is 9.59 Å². The molecule has 2 rings (SSSR count). The Morgan fingerprint density at radius 3 is 2.92 bits per heavy atom. The van der Waals surface area contributed by atoms with Gasteiger partial charge in [0.05, 0.1) is 35.5 Å². The van der Waals surface area contributed by atoms with Crippen LogP contribution in [0, 0.1) is 0 Å². The maximum atomic E-state index is 12.2. The second kappa shape index (κ2) is 8.30. The number of sulfone groups is 1. The SMILES string of the molecule is CCOC(=O)Cc1csc(S[C@H](C)C(=O)N[C@@H]2CCS(=O)(=O)C2)n1. The molecule has 2 heterocycles. The summed E-state index contributed by atoms with van der Waals surface area (Å²) in [6.07, 6.45) is 0.581. The smallest absolute Gasteiger partial charge is 0.311 e. The third-order valence-electron chi connectivity index (χ3n) is 3.39. The number of hydrogen-bond donors (Lipinski definition) is 1. The number of thioether (sulfide) groups is 1. The Morgan fingerprint density at radius 2 is 2.29 bits per heavy atom. The van der Waals surface area contributed by atoms with Crippen LogP contribution in [0.15, 0.2) is 9.72 Å². The van der Waals surface area contributed by atoms with E-state index < -0.39 is 15.1 Å². The minimum absolute atomic E-state index is 0.0110. The van der Waals surface area contributed by atoms with Gasteiger partial charge in [-0.2, -0.15) is 0 Å². The number of carbonyl (C=O) groups excluding carboxylic acids is 2. The number of nitrogens with zero attached hydrogens (tertiary/aromatic N) is 1. The Hall–Kier alpha value is -1.13. The molecule has 10 heteroatoms. The Morgan fingerprint density at radius 1 is 1.54 bits per heavy atom. The number of nitrogens with one attached hydrogen (secondary N) is 1. The van der Waals surface area contributed by atoms with E-state index in [0.717, 1.165) is 0 Å². The van der Waals surface area contributed by atoms with Gasteiger partial charge in [0.15, 0.2) is 14.2 Å². The average molecular weight is 393 g/mol. The molecule has 1 aliphatic rings. The number of carbonyl (C=O) groups is 2. The summed E-state index contributed by atoms with van der Waals surface area (Å²) < 4.78 is 28.4. The highest BCUT2D eigenvalue weighted by Crippen LogP contribution is 2.27. The summed E-state index contributed by atoms with van der Waals surface area (Å²) in [6.45, 7) is 3.82. The fourth-order valence-electron chi connectivity index (χ4n) is 2.22. The maximum absolute atomic E-state index is 12.2. The number of ether oxygens (including phenoxy) is 1. The molecule has 0 radical (unpaired) electrons. The highest BCUT2D eigenvalue weighted by Gasteiger charge is 2.30. The number of esters is 1. The van der Waals surface area contributed by atoms with Crippen molar-refractivity contribution in [3.63, 3.8) is 0 Å². The Kier molecular flexibility index (Phi) is 6.64. The van der Waals surface area contributed by atoms with E-state index in [-0.39, 0.29) is 35.8 Å². The monoisotopic (exact) mass is 392 g/mol. The fourth-order valence-corrected chi connectivity index (χ4v) is 5.88. The quantitative estimate of drug-likeness (QED) is 0.546. The maximum Gasteiger partial charge on any atom is 0.311 e. The third-order valence-corrected chi connectivity index (χ3v) is 7.28. The summed E-state index contributed by atoms with van der Waals surface area (Å²) in [5.74, 6) is -0.392. The second-order valence-corrected chi connectivity index (χ2v) is 10.1. The Balaban J connectivity index is 1.83. The van der Waals surface area contributed by atoms with Crippen LogP contribution in [0.1, 0.15) is 26.0 Å². The summed E-state index contributed by atoms with van der Waals surface area (Å²) in [5, 5.41) is 4.15. The van der Waals surface area contributed by atoms with E-state index in [1.807, 2.05) is 0 Å². The van der Waals surface area contributed by atoms with Crippen molar-refractivity contribution in [3.8, 4) is 0 Å². The van der Waals surface area contributed by atoms with Gasteiger partial charge >= 0.3 is 5.97 Å². The molecule has 0 bridgehead atoms. The zero-order chi connectivity index (χ0) is 17.7. The van der Waals surface area contributed by atoms with Crippen molar-refractivity contribution in [2.45, 2.75) is 42.3 Å². The molecule has 1 aliphatic heterocycles. The lowest BCUT2D eigenvalue weighted by atomic mass is 10.2. The lowest BCUT2D eigenvalue weighted by Crippen LogP contribution is -2.39. The zero-order valence-corrected chi connectivity index (χ0v) is 15.9. The molecular formula is C14H20N2O5S3. The van der Waals surface area contributed by atoms with Crippen molar-refractivity contribution in [1.82, 2.24) is 10.3 Å². The summed E-state index contributed by atoms with van der Waals surface area (Å²) in [6, 6.07) is -0.304. The fraction of sp³-hybridized carbons (Fsp3) is 0.643. The number of rotatable bonds is 7. The molecule has 1 aromatic rings. The summed E-state index contributed by atoms with van der Waals surface area (Å²) >= 11 is 2.66. The molecule has 0 saturated carbocycles. The highest BCUT2D eigenvalue weighted by molar-refractivity contribution is 8.02. The predicted molar refractivity (Wildman–Crippen MR) is 93.0 cm³/mol. The number of hydrogen-bond acceptors (Lipinski definition) is 8. The van der Waals surface area contributed by atoms with E-state index in [1.165, 1.54) is 23.1 Å². The lowest BCUT2D eigenvalue weighted by Gasteiger charge is -2.14. The molecule has 0 unspecified atom stereocenters. The highest BCUT2D eigenvalue weighted by atomic mass is 32.2. The summed E-state index contributed by atoms with van der Waals surface area (Å²) in [4.78, 5) is 27.9. The largest absolute Gasteiger partial charge is 0.466 e. The Bertz CT molecular complexity index is 701. The van der Waals surface area contributed by atoms with Crippen molar-refractivity contribution in [3.05, 3.63) is 11.1 Å². The third kappa shape index (κ3) is 5.75. The van der Waals surface area contributed by atoms with Crippen LogP contribution in [0.25, 0.3) is 0 Å². The molecule has 134 valence electrons. The first-order chi connectivity index (χ1) is 11.3. The Labute approximate surface area is 149 Å². The van der Waals surface area contributed by atoms with Gasteiger partial charge in [-0.15, -0.1) is 11.3 Å². The minimum atomic E-state index is -3.01. The van der Waals surface area contributed by atoms with Crippen molar-refractivity contribution in [2.75, 3.05) is 18.1 Å². The molecule has 0 aromatic carbocycles. The molecule has 1 fully saturated rings. The van der Waals surface area contributed by atoms with E-state index in [4.69, 9.17) is 4.74 Å². The first-order valence-corrected chi connectivity index (χ1v) is 11.1. The van der Waals surface area contributed by atoms with E-state index in [0.29, 0.717) is 23.1 Å². The van der Waals surface area contributed by atoms with Gasteiger partial charge < -0.3 is 10.1 Å². The van der Waals surface area contributed by atoms with Crippen molar-refractivity contribution in [1.29, 1.82) is 0 Å². The van der Waals surface area contributed by atoms with Gasteiger partial charge in [0.2, 0.25) is 5.91 Å². The molecule has 7 nitrogen and oxygen atoms in total. The van der Waals surface area contributed by atoms with Gasteiger partial charge in [-0.05, 0) is 20.3 Å². The topological polar surface area (TPSA) is 102 Å². The molecule has 1 aromatic heterocycles. The molecule has 0 spiro atoms. The average Bonchev–Trinajstić information content (AvgIpc) is 3.05. The minimum Gasteiger partial charge on any atom is -0.466 e. The van der Waals surface area contributed by atoms with Crippen LogP contribution in [0.4, 0.5) is 0 Å². The van der Waals surface area contributed by atoms with E-state index in [9.17, 15) is 18.0 Å². The molecule has 0 aliphatic carbocycles. The molecule has 2 atom stereocenters. The first kappa shape index (κ1) is 19.2. The van der Waals surface area contributed by atoms with Crippen LogP contribution in [-0.2, 0) is 30.6 Å². The molecular weight excluding hydrogens is 372 g/mol. The van der Waals surface area contributed by atoms with Crippen molar-refractivity contribution >= 4 is 44.8 Å². The normalized spacial score (nSPS) is 20.5. The molecule has 24 heavy (non-hydrogen) atoms. The number of thiazole rings is 1. The predicted octanol–water partition coefficient (Wildman–Crippen LogP) is 1.03. The zero-order valence-electron chi connectivity index (χ0n) is 13.5. The van der Waals surface area contributed by atoms with E-state index in [2.05, 4.69) is 10.3 Å². The standard InChI is InChI=1S/C14H20N2O5S3/c1-3-21-12(17)6-11-7-22-14(16-11)23-9(2)13(18)15-10-4-5-24(19,20)8-10/h7,9-10H,3-6,8H2,1-2H3,(H,15,18)/t9-,10-/m1/s1. The van der Waals surface area contributed by atoms with Crippen LogP contribution >= 0.6 is 23.1 Å². The summed E-state index contributed by atoms with van der Waals surface area (Å²) in [7, 11) is -3.01. The molecule has 1 saturated heterocycles. The van der Waals surface area contributed by atoms with Crippen molar-refractivity contribution in [2.24, 2.45) is 0 Å². The van der Waals surface area contributed by atoms with Crippen LogP contribution in [0.5, 0.6) is 0 Å². The van der Waals surface area contributed by atoms with Crippen LogP contribution in [0.3, 0.4) is 0 Å². The van der Waals surface area contributed by atoms with Gasteiger partial charge in [0, 0.05) is 11.4 Å². The van der Waals surface area contributed by atoms with E-state index >= 15 is 0 Å². The van der Waals surface area contributed by atoms with Crippen LogP contribution < -0.4 is 5.32 Å². The van der Waals surface area contributed by atoms with Gasteiger partial charge in [-0.1, -0.05) is 11.8 Å². The van der Waals surface area contributed by atoms with Crippen LogP contribution in [0.2, 0.25) is 0 Å². The molecule has 1 N–H and O–H groups in total. The van der Waals surface area contributed by atoms with Gasteiger partial charge in [-0.25, -0.2) is 13.4 Å². The number of aromatic nitrogens is 1. The van der Waals surface area contributed by atoms with E-state index in [1.54, 1.807) is 19.2 Å². The van der Waals surface area contributed by atoms with Crippen LogP contribution in [-0.4, -0.2) is 54.7 Å². The molecule has 1 amide bonds. The second-order valence-electron chi connectivity index (χ2n) is 5.46. The lowest BCUT2D eigenvalue weighted by molar-refractivity contribution is -0.142. The van der Waals surface area contributed by atoms with Gasteiger partial charge in [0.25, 0.3) is 0 Å². The summed E-state index contributed by atoms with van der Waals surface area (Å²) in [5.41, 5.74) is 0.621. The van der Waals surface area contributed by atoms with Gasteiger partial charge in [0.1, 0.15) is 0 Å². The van der Waals surface area contributed by atoms with Crippen molar-refractivity contribution < 1.29 is 22.7 Å². The first-order valence-electron chi connectivity index (χ1n) is 7.56.